The summed E-state index contributed by atoms with van der Waals surface area (Å²) in [7, 11) is 0. The van der Waals surface area contributed by atoms with Crippen molar-refractivity contribution in [3.63, 3.8) is 0 Å². The van der Waals surface area contributed by atoms with Crippen molar-refractivity contribution in [2.24, 2.45) is 0 Å². The maximum atomic E-state index is 10.4. The van der Waals surface area contributed by atoms with Gasteiger partial charge in [0.1, 0.15) is 0 Å². The topological polar surface area (TPSA) is 46.5 Å². The fraction of sp³-hybridized carbons (Fsp3) is 0.800. The van der Waals surface area contributed by atoms with E-state index in [0.29, 0.717) is 6.42 Å². The quantitative estimate of drug-likeness (QED) is 0.456. The molecule has 0 bridgehead atoms. The third-order valence-corrected chi connectivity index (χ3v) is 1.10. The van der Waals surface area contributed by atoms with Gasteiger partial charge < -0.3 is 9.29 Å². The van der Waals surface area contributed by atoms with Crippen LogP contribution in [0.4, 0.5) is 0 Å². The van der Waals surface area contributed by atoms with E-state index in [1.807, 2.05) is 6.92 Å². The van der Waals surface area contributed by atoms with E-state index in [4.69, 9.17) is 5.11 Å². The lowest BCUT2D eigenvalue weighted by Crippen LogP contribution is -2.19. The molecule has 1 atom stereocenters. The summed E-state index contributed by atoms with van der Waals surface area (Å²) in [5.41, 5.74) is 0. The number of carbonyl (C=O) groups is 1. The third-order valence-electron chi connectivity index (χ3n) is 0.924. The molecule has 0 aliphatic carbocycles. The minimum Gasteiger partial charge on any atom is -0.393 e. The molecule has 0 rings (SSSR count). The number of aliphatic hydroxyl groups is 1. The summed E-state index contributed by atoms with van der Waals surface area (Å²) in [6.45, 7) is 1.87. The van der Waals surface area contributed by atoms with E-state index in [2.05, 4.69) is 17.1 Å². The van der Waals surface area contributed by atoms with Gasteiger partial charge in [0.2, 0.25) is 0 Å². The maximum Gasteiger partial charge on any atom is 0.346 e. The lowest BCUT2D eigenvalue weighted by molar-refractivity contribution is -0.142. The molecule has 0 saturated carbocycles. The SMILES string of the molecule is CCCC(O)C(=O)OS. The van der Waals surface area contributed by atoms with Crippen LogP contribution in [-0.4, -0.2) is 17.2 Å². The fourth-order valence-corrected chi connectivity index (χ4v) is 0.574. The minimum absolute atomic E-state index is 0.430. The van der Waals surface area contributed by atoms with Crippen LogP contribution in [-0.2, 0) is 8.98 Å². The number of hydrogen-bond donors (Lipinski definition) is 2. The highest BCUT2D eigenvalue weighted by Gasteiger charge is 2.13. The second-order valence-electron chi connectivity index (χ2n) is 1.71. The predicted molar refractivity (Wildman–Crippen MR) is 36.0 cm³/mol. The molecule has 0 spiro atoms. The van der Waals surface area contributed by atoms with E-state index in [-0.39, 0.29) is 0 Å². The van der Waals surface area contributed by atoms with Crippen LogP contribution in [0.25, 0.3) is 0 Å². The van der Waals surface area contributed by atoms with Crippen LogP contribution in [0.5, 0.6) is 0 Å². The molecule has 0 aromatic heterocycles. The molecule has 0 heterocycles. The van der Waals surface area contributed by atoms with Crippen molar-refractivity contribution < 1.29 is 14.1 Å². The molecule has 0 aliphatic rings. The summed E-state index contributed by atoms with van der Waals surface area (Å²) < 4.78 is 3.97. The van der Waals surface area contributed by atoms with Crippen molar-refractivity contribution in [3.8, 4) is 0 Å². The van der Waals surface area contributed by atoms with Gasteiger partial charge in [0.15, 0.2) is 6.10 Å². The number of aliphatic hydroxyl groups excluding tert-OH is 1. The van der Waals surface area contributed by atoms with Gasteiger partial charge in [-0.15, -0.1) is 0 Å². The molecule has 1 unspecified atom stereocenters. The lowest BCUT2D eigenvalue weighted by atomic mass is 10.2. The zero-order valence-corrected chi connectivity index (χ0v) is 6.10. The van der Waals surface area contributed by atoms with Crippen LogP contribution in [0.3, 0.4) is 0 Å². The minimum atomic E-state index is -1.01. The molecule has 9 heavy (non-hydrogen) atoms. The first kappa shape index (κ1) is 8.78. The Kier molecular flexibility index (Phi) is 4.53. The number of rotatable bonds is 3. The molecule has 4 heteroatoms. The monoisotopic (exact) mass is 150 g/mol. The van der Waals surface area contributed by atoms with E-state index in [9.17, 15) is 4.79 Å². The third kappa shape index (κ3) is 3.37. The molecule has 0 fully saturated rings. The second kappa shape index (κ2) is 4.64. The largest absolute Gasteiger partial charge is 0.393 e. The van der Waals surface area contributed by atoms with E-state index >= 15 is 0 Å². The molecule has 3 nitrogen and oxygen atoms in total. The van der Waals surface area contributed by atoms with Gasteiger partial charge in [-0.3, -0.25) is 0 Å². The Morgan fingerprint density at radius 3 is 2.78 bits per heavy atom. The zero-order valence-electron chi connectivity index (χ0n) is 5.20. The molecule has 0 saturated heterocycles. The van der Waals surface area contributed by atoms with Crippen LogP contribution >= 0.6 is 12.9 Å². The molecule has 0 aromatic carbocycles. The fourth-order valence-electron chi connectivity index (χ4n) is 0.452. The van der Waals surface area contributed by atoms with Crippen LogP contribution in [0.1, 0.15) is 19.8 Å². The lowest BCUT2D eigenvalue weighted by Gasteiger charge is -2.03. The van der Waals surface area contributed by atoms with Crippen molar-refractivity contribution in [2.45, 2.75) is 25.9 Å². The van der Waals surface area contributed by atoms with Gasteiger partial charge in [-0.05, 0) is 6.42 Å². The standard InChI is InChI=1S/C5H10O3S/c1-2-3-4(6)5(7)8-9/h4,6,9H,2-3H2,1H3. The van der Waals surface area contributed by atoms with Crippen LogP contribution < -0.4 is 0 Å². The first-order chi connectivity index (χ1) is 4.22. The molecule has 0 aromatic rings. The Morgan fingerprint density at radius 2 is 2.44 bits per heavy atom. The second-order valence-corrected chi connectivity index (χ2v) is 1.90. The average Bonchev–Trinajstić information content (AvgIpc) is 1.87. The van der Waals surface area contributed by atoms with Crippen molar-refractivity contribution >= 4 is 18.9 Å². The highest BCUT2D eigenvalue weighted by molar-refractivity contribution is 7.75. The Bertz CT molecular complexity index is 94.2. The van der Waals surface area contributed by atoms with E-state index in [1.54, 1.807) is 0 Å². The highest BCUT2D eigenvalue weighted by atomic mass is 32.1. The van der Waals surface area contributed by atoms with Gasteiger partial charge in [-0.2, -0.15) is 0 Å². The van der Waals surface area contributed by atoms with E-state index in [0.717, 1.165) is 6.42 Å². The maximum absolute atomic E-state index is 10.4. The van der Waals surface area contributed by atoms with Crippen molar-refractivity contribution in [2.75, 3.05) is 0 Å². The van der Waals surface area contributed by atoms with Crippen LogP contribution in [0.15, 0.2) is 0 Å². The number of carbonyl (C=O) groups excluding carboxylic acids is 1. The van der Waals surface area contributed by atoms with Crippen molar-refractivity contribution in [3.05, 3.63) is 0 Å². The molecule has 0 amide bonds. The molecule has 0 aliphatic heterocycles. The molecular weight excluding hydrogens is 140 g/mol. The number of thiol groups is 1. The zero-order chi connectivity index (χ0) is 7.28. The van der Waals surface area contributed by atoms with E-state index < -0.39 is 12.1 Å². The van der Waals surface area contributed by atoms with Gasteiger partial charge in [-0.1, -0.05) is 13.3 Å². The van der Waals surface area contributed by atoms with Gasteiger partial charge in [0.25, 0.3) is 0 Å². The average molecular weight is 150 g/mol. The first-order valence-corrected chi connectivity index (χ1v) is 3.12. The summed E-state index contributed by atoms with van der Waals surface area (Å²) >= 11 is 3.24. The summed E-state index contributed by atoms with van der Waals surface area (Å²) in [4.78, 5) is 10.4. The van der Waals surface area contributed by atoms with Gasteiger partial charge in [-0.25, -0.2) is 4.79 Å². The number of hydrogen-bond acceptors (Lipinski definition) is 4. The molecular formula is C5H10O3S. The highest BCUT2D eigenvalue weighted by Crippen LogP contribution is 1.98. The molecule has 1 N–H and O–H groups in total. The Hall–Kier alpha value is -0.220. The predicted octanol–water partition coefficient (Wildman–Crippen LogP) is 0.535. The smallest absolute Gasteiger partial charge is 0.346 e. The normalized spacial score (nSPS) is 12.8. The Labute approximate surface area is 59.6 Å². The van der Waals surface area contributed by atoms with Crippen molar-refractivity contribution in [1.82, 2.24) is 0 Å². The van der Waals surface area contributed by atoms with Crippen LogP contribution in [0, 0.1) is 0 Å². The molecule has 54 valence electrons. The Morgan fingerprint density at radius 1 is 1.89 bits per heavy atom. The summed E-state index contributed by atoms with van der Waals surface area (Å²) in [5, 5.41) is 8.79. The van der Waals surface area contributed by atoms with E-state index in [1.165, 1.54) is 0 Å². The first-order valence-electron chi connectivity index (χ1n) is 2.75. The van der Waals surface area contributed by atoms with Gasteiger partial charge in [0, 0.05) is 12.9 Å². The summed E-state index contributed by atoms with van der Waals surface area (Å²) in [5.74, 6) is -0.680. The van der Waals surface area contributed by atoms with Crippen molar-refractivity contribution in [1.29, 1.82) is 0 Å². The summed E-state index contributed by atoms with van der Waals surface area (Å²) in [6, 6.07) is 0. The Balaban J connectivity index is 3.45. The summed E-state index contributed by atoms with van der Waals surface area (Å²) in [6.07, 6.45) is 0.177. The van der Waals surface area contributed by atoms with Crippen LogP contribution in [0.2, 0.25) is 0 Å². The molecule has 0 radical (unpaired) electrons. The van der Waals surface area contributed by atoms with Gasteiger partial charge >= 0.3 is 5.97 Å². The van der Waals surface area contributed by atoms with Gasteiger partial charge in [0.05, 0.1) is 0 Å².